The average molecular weight is 327 g/mol. The average Bonchev–Trinajstić information content (AvgIpc) is 3.25. The van der Waals surface area contributed by atoms with E-state index in [1.165, 1.54) is 20.5 Å². The molecule has 0 unspecified atom stereocenters. The number of hydrogen-bond acceptors (Lipinski definition) is 3. The Morgan fingerprint density at radius 1 is 0.958 bits per heavy atom. The molecule has 0 aliphatic rings. The number of benzene rings is 1. The molecule has 114 valence electrons. The van der Waals surface area contributed by atoms with Crippen molar-refractivity contribution in [3.05, 3.63) is 73.2 Å². The van der Waals surface area contributed by atoms with Crippen LogP contribution in [0.4, 0.5) is 0 Å². The molecule has 0 bridgehead atoms. The van der Waals surface area contributed by atoms with Crippen molar-refractivity contribution in [2.45, 2.75) is 0 Å². The molecule has 4 aromatic heterocycles. The highest BCUT2D eigenvalue weighted by atomic mass is 32.1. The maximum absolute atomic E-state index is 4.78. The highest BCUT2D eigenvalue weighted by Gasteiger charge is 2.11. The fraction of sp³-hybridized carbons (Fsp3) is 0. The Kier molecular flexibility index (Phi) is 2.96. The van der Waals surface area contributed by atoms with Gasteiger partial charge in [0.1, 0.15) is 5.65 Å². The van der Waals surface area contributed by atoms with E-state index in [4.69, 9.17) is 4.98 Å². The van der Waals surface area contributed by atoms with Gasteiger partial charge in [-0.1, -0.05) is 30.3 Å². The molecule has 24 heavy (non-hydrogen) atoms. The van der Waals surface area contributed by atoms with E-state index in [9.17, 15) is 0 Å². The number of nitrogens with one attached hydrogen (secondary N) is 1. The topological polar surface area (TPSA) is 41.6 Å². The number of fused-ring (bicyclic) bond motifs is 2. The van der Waals surface area contributed by atoms with Crippen molar-refractivity contribution >= 4 is 32.5 Å². The number of rotatable bonds is 2. The van der Waals surface area contributed by atoms with Gasteiger partial charge in [0.2, 0.25) is 0 Å². The zero-order valence-electron chi connectivity index (χ0n) is 12.7. The first-order valence-electron chi connectivity index (χ1n) is 7.76. The van der Waals surface area contributed by atoms with Crippen LogP contribution >= 0.6 is 11.3 Å². The lowest BCUT2D eigenvalue weighted by atomic mass is 10.1. The second-order valence-electron chi connectivity index (χ2n) is 5.69. The van der Waals surface area contributed by atoms with Crippen molar-refractivity contribution in [1.29, 1.82) is 0 Å². The van der Waals surface area contributed by atoms with Crippen molar-refractivity contribution < 1.29 is 0 Å². The second kappa shape index (κ2) is 5.28. The minimum Gasteiger partial charge on any atom is -0.345 e. The van der Waals surface area contributed by atoms with E-state index in [1.54, 1.807) is 11.3 Å². The first kappa shape index (κ1) is 13.5. The smallest absolute Gasteiger partial charge is 0.138 e. The van der Waals surface area contributed by atoms with Crippen LogP contribution in [0, 0.1) is 0 Å². The zero-order valence-corrected chi connectivity index (χ0v) is 13.5. The molecule has 1 aromatic carbocycles. The number of H-pyrrole nitrogens is 1. The Morgan fingerprint density at radius 3 is 2.75 bits per heavy atom. The minimum absolute atomic E-state index is 0.918. The summed E-state index contributed by atoms with van der Waals surface area (Å²) >= 11 is 1.76. The van der Waals surface area contributed by atoms with E-state index in [1.807, 2.05) is 36.8 Å². The van der Waals surface area contributed by atoms with E-state index >= 15 is 0 Å². The molecular weight excluding hydrogens is 314 g/mol. The Labute approximate surface area is 142 Å². The van der Waals surface area contributed by atoms with Crippen LogP contribution in [0.1, 0.15) is 0 Å². The molecule has 0 fully saturated rings. The molecule has 5 rings (SSSR count). The molecule has 5 aromatic rings. The summed E-state index contributed by atoms with van der Waals surface area (Å²) in [5.41, 5.74) is 4.22. The van der Waals surface area contributed by atoms with Crippen molar-refractivity contribution in [3.63, 3.8) is 0 Å². The number of hydrogen-bond donors (Lipinski definition) is 1. The molecule has 0 radical (unpaired) electrons. The quantitative estimate of drug-likeness (QED) is 0.465. The molecule has 0 aliphatic carbocycles. The Balaban J connectivity index is 1.65. The molecule has 0 atom stereocenters. The lowest BCUT2D eigenvalue weighted by molar-refractivity contribution is 1.32. The molecule has 0 spiro atoms. The molecule has 4 heterocycles. The fourth-order valence-electron chi connectivity index (χ4n) is 3.00. The van der Waals surface area contributed by atoms with Crippen LogP contribution in [0.15, 0.2) is 73.2 Å². The SMILES string of the molecule is c1ccc(-c2ccc3c(-c4cc5ccncc5s4)c[nH]c3n2)cc1. The molecule has 0 amide bonds. The summed E-state index contributed by atoms with van der Waals surface area (Å²) in [7, 11) is 0. The van der Waals surface area contributed by atoms with Crippen LogP contribution in [-0.4, -0.2) is 15.0 Å². The molecule has 0 saturated carbocycles. The Hall–Kier alpha value is -2.98. The summed E-state index contributed by atoms with van der Waals surface area (Å²) in [4.78, 5) is 13.5. The third kappa shape index (κ3) is 2.12. The first-order valence-corrected chi connectivity index (χ1v) is 8.58. The van der Waals surface area contributed by atoms with E-state index in [-0.39, 0.29) is 0 Å². The number of thiophene rings is 1. The molecule has 1 N–H and O–H groups in total. The maximum atomic E-state index is 4.78. The van der Waals surface area contributed by atoms with E-state index in [2.05, 4.69) is 46.4 Å². The van der Waals surface area contributed by atoms with Crippen LogP contribution in [0.5, 0.6) is 0 Å². The van der Waals surface area contributed by atoms with Crippen LogP contribution in [0.25, 0.3) is 42.8 Å². The van der Waals surface area contributed by atoms with Gasteiger partial charge in [-0.05, 0) is 29.7 Å². The van der Waals surface area contributed by atoms with Gasteiger partial charge in [0.15, 0.2) is 0 Å². The van der Waals surface area contributed by atoms with Gasteiger partial charge in [-0.25, -0.2) is 4.98 Å². The summed E-state index contributed by atoms with van der Waals surface area (Å²) < 4.78 is 1.20. The predicted octanol–water partition coefficient (Wildman–Crippen LogP) is 5.51. The van der Waals surface area contributed by atoms with Crippen molar-refractivity contribution in [2.75, 3.05) is 0 Å². The summed E-state index contributed by atoms with van der Waals surface area (Å²) in [6.45, 7) is 0. The number of pyridine rings is 2. The van der Waals surface area contributed by atoms with Crippen molar-refractivity contribution in [2.24, 2.45) is 0 Å². The highest BCUT2D eigenvalue weighted by Crippen LogP contribution is 2.37. The number of aromatic nitrogens is 3. The third-order valence-electron chi connectivity index (χ3n) is 4.20. The summed E-state index contributed by atoms with van der Waals surface area (Å²) in [6, 6.07) is 18.8. The summed E-state index contributed by atoms with van der Waals surface area (Å²) in [5, 5.41) is 2.38. The van der Waals surface area contributed by atoms with Gasteiger partial charge in [0, 0.05) is 40.0 Å². The summed E-state index contributed by atoms with van der Waals surface area (Å²) in [5.74, 6) is 0. The van der Waals surface area contributed by atoms with Gasteiger partial charge in [0.05, 0.1) is 10.4 Å². The Bertz CT molecular complexity index is 1120. The predicted molar refractivity (Wildman–Crippen MR) is 100 cm³/mol. The van der Waals surface area contributed by atoms with E-state index in [0.717, 1.165) is 22.3 Å². The van der Waals surface area contributed by atoms with Gasteiger partial charge in [-0.15, -0.1) is 11.3 Å². The lowest BCUT2D eigenvalue weighted by Crippen LogP contribution is -1.83. The zero-order chi connectivity index (χ0) is 15.9. The van der Waals surface area contributed by atoms with Crippen LogP contribution < -0.4 is 0 Å². The van der Waals surface area contributed by atoms with Gasteiger partial charge in [0.25, 0.3) is 0 Å². The second-order valence-corrected chi connectivity index (χ2v) is 6.77. The van der Waals surface area contributed by atoms with E-state index in [0.29, 0.717) is 0 Å². The maximum Gasteiger partial charge on any atom is 0.138 e. The normalized spacial score (nSPS) is 11.3. The van der Waals surface area contributed by atoms with Gasteiger partial charge >= 0.3 is 0 Å². The van der Waals surface area contributed by atoms with Crippen LogP contribution in [0.3, 0.4) is 0 Å². The van der Waals surface area contributed by atoms with Gasteiger partial charge in [-0.2, -0.15) is 0 Å². The van der Waals surface area contributed by atoms with Crippen LogP contribution in [0.2, 0.25) is 0 Å². The number of nitrogens with zero attached hydrogens (tertiary/aromatic N) is 2. The number of aromatic amines is 1. The molecule has 4 heteroatoms. The van der Waals surface area contributed by atoms with Gasteiger partial charge in [-0.3, -0.25) is 4.98 Å². The monoisotopic (exact) mass is 327 g/mol. The standard InChI is InChI=1S/C20H13N3S/c1-2-4-13(5-3-1)17-7-6-15-16(11-22-20(15)23-17)18-10-14-8-9-21-12-19(14)24-18/h1-12H,(H,22,23). The molecule has 0 aliphatic heterocycles. The van der Waals surface area contributed by atoms with Gasteiger partial charge < -0.3 is 4.98 Å². The highest BCUT2D eigenvalue weighted by molar-refractivity contribution is 7.22. The molecule has 0 saturated heterocycles. The third-order valence-corrected chi connectivity index (χ3v) is 5.32. The lowest BCUT2D eigenvalue weighted by Gasteiger charge is -2.01. The van der Waals surface area contributed by atoms with Crippen molar-refractivity contribution in [3.8, 4) is 21.7 Å². The first-order chi connectivity index (χ1) is 11.9. The largest absolute Gasteiger partial charge is 0.345 e. The van der Waals surface area contributed by atoms with E-state index < -0.39 is 0 Å². The van der Waals surface area contributed by atoms with Crippen molar-refractivity contribution in [1.82, 2.24) is 15.0 Å². The minimum atomic E-state index is 0.918. The molecular formula is C20H13N3S. The Morgan fingerprint density at radius 2 is 1.88 bits per heavy atom. The summed E-state index contributed by atoms with van der Waals surface area (Å²) in [6.07, 6.45) is 5.80. The van der Waals surface area contributed by atoms with Crippen LogP contribution in [-0.2, 0) is 0 Å². The fourth-order valence-corrected chi connectivity index (χ4v) is 4.06. The molecule has 3 nitrogen and oxygen atoms in total.